The van der Waals surface area contributed by atoms with Gasteiger partial charge < -0.3 is 14.1 Å². The lowest BCUT2D eigenvalue weighted by atomic mass is 10.1. The summed E-state index contributed by atoms with van der Waals surface area (Å²) in [6.45, 7) is 2.76. The molecule has 148 valence electrons. The van der Waals surface area contributed by atoms with Crippen LogP contribution in [0.5, 0.6) is 5.75 Å². The number of aryl methyl sites for hydroxylation is 2. The second-order valence-corrected chi connectivity index (χ2v) is 7.10. The van der Waals surface area contributed by atoms with Gasteiger partial charge in [0.05, 0.1) is 12.6 Å². The molecule has 0 spiro atoms. The fourth-order valence-electron chi connectivity index (χ4n) is 3.28. The van der Waals surface area contributed by atoms with Crippen molar-refractivity contribution in [2.75, 3.05) is 11.4 Å². The van der Waals surface area contributed by atoms with Gasteiger partial charge in [0, 0.05) is 30.6 Å². The van der Waals surface area contributed by atoms with Gasteiger partial charge in [0.25, 0.3) is 0 Å². The molecule has 1 amide bonds. The average Bonchev–Trinajstić information content (AvgIpc) is 3.37. The molecule has 0 N–H and O–H groups in total. The highest BCUT2D eigenvalue weighted by Gasteiger charge is 2.21. The van der Waals surface area contributed by atoms with Crippen LogP contribution >= 0.6 is 0 Å². The summed E-state index contributed by atoms with van der Waals surface area (Å²) in [5.74, 6) is 1.41. The van der Waals surface area contributed by atoms with Crippen molar-refractivity contribution in [3.8, 4) is 17.1 Å². The minimum Gasteiger partial charge on any atom is -0.441 e. The maximum Gasteiger partial charge on any atom is 0.311 e. The second-order valence-electron chi connectivity index (χ2n) is 7.10. The quantitative estimate of drug-likeness (QED) is 0.463. The Labute approximate surface area is 169 Å². The number of hydrogen-bond donors (Lipinski definition) is 0. The summed E-state index contributed by atoms with van der Waals surface area (Å²) in [6.07, 6.45) is 3.67. The summed E-state index contributed by atoms with van der Waals surface area (Å²) in [5, 5.41) is 0. The van der Waals surface area contributed by atoms with Crippen LogP contribution in [0.25, 0.3) is 11.3 Å². The van der Waals surface area contributed by atoms with Crippen molar-refractivity contribution in [2.45, 2.75) is 32.6 Å². The lowest BCUT2D eigenvalue weighted by Gasteiger charge is -2.15. The van der Waals surface area contributed by atoms with Crippen LogP contribution in [0.15, 0.2) is 59.1 Å². The van der Waals surface area contributed by atoms with Crippen molar-refractivity contribution in [3.05, 3.63) is 66.2 Å². The number of benzene rings is 2. The first-order chi connectivity index (χ1) is 14.1. The van der Waals surface area contributed by atoms with Crippen LogP contribution in [0.2, 0.25) is 0 Å². The first kappa shape index (κ1) is 18.9. The molecule has 0 saturated carbocycles. The molecule has 29 heavy (non-hydrogen) atoms. The zero-order chi connectivity index (χ0) is 20.2. The monoisotopic (exact) mass is 390 g/mol. The van der Waals surface area contributed by atoms with Crippen molar-refractivity contribution in [2.24, 2.45) is 0 Å². The molecular weight excluding hydrogens is 368 g/mol. The molecule has 2 heterocycles. The predicted octanol–water partition coefficient (Wildman–Crippen LogP) is 4.32. The summed E-state index contributed by atoms with van der Waals surface area (Å²) in [5.41, 5.74) is 2.96. The Balaban J connectivity index is 1.30. The van der Waals surface area contributed by atoms with E-state index in [2.05, 4.69) is 4.98 Å². The topological polar surface area (TPSA) is 72.6 Å². The Kier molecular flexibility index (Phi) is 5.42. The number of carbonyl (C=O) groups excluding carboxylic acids is 2. The third kappa shape index (κ3) is 4.54. The summed E-state index contributed by atoms with van der Waals surface area (Å²) in [7, 11) is 0. The molecular formula is C23H22N2O4. The first-order valence-corrected chi connectivity index (χ1v) is 9.71. The second kappa shape index (κ2) is 8.31. The van der Waals surface area contributed by atoms with E-state index in [0.717, 1.165) is 24.2 Å². The van der Waals surface area contributed by atoms with Crippen LogP contribution in [0.1, 0.15) is 30.7 Å². The highest BCUT2D eigenvalue weighted by Crippen LogP contribution is 2.24. The molecule has 2 aromatic carbocycles. The lowest BCUT2D eigenvalue weighted by Crippen LogP contribution is -2.23. The standard InChI is InChI=1S/C23H22N2O4/c1-16-4-6-17(7-5-16)20-15-24-21(29-20)12-13-23(27)28-19-10-8-18(9-11-19)25-14-2-3-22(25)26/h4-11,15H,2-3,12-14H2,1H3. The van der Waals surface area contributed by atoms with Crippen molar-refractivity contribution < 1.29 is 18.7 Å². The van der Waals surface area contributed by atoms with Crippen molar-refractivity contribution >= 4 is 17.6 Å². The van der Waals surface area contributed by atoms with Crippen LogP contribution in [0, 0.1) is 6.92 Å². The number of aromatic nitrogens is 1. The van der Waals surface area contributed by atoms with Gasteiger partial charge in [-0.05, 0) is 37.6 Å². The minimum absolute atomic E-state index is 0.130. The van der Waals surface area contributed by atoms with Gasteiger partial charge in [-0.15, -0.1) is 0 Å². The smallest absolute Gasteiger partial charge is 0.311 e. The minimum atomic E-state index is -0.356. The van der Waals surface area contributed by atoms with Gasteiger partial charge in [0.1, 0.15) is 5.75 Å². The molecule has 0 radical (unpaired) electrons. The van der Waals surface area contributed by atoms with E-state index in [-0.39, 0.29) is 18.3 Å². The SMILES string of the molecule is Cc1ccc(-c2cnc(CCC(=O)Oc3ccc(N4CCCC4=O)cc3)o2)cc1. The van der Waals surface area contributed by atoms with Crippen LogP contribution in [0.3, 0.4) is 0 Å². The average molecular weight is 390 g/mol. The molecule has 6 heteroatoms. The van der Waals surface area contributed by atoms with Gasteiger partial charge in [0.2, 0.25) is 5.91 Å². The molecule has 0 bridgehead atoms. The van der Waals surface area contributed by atoms with E-state index >= 15 is 0 Å². The third-order valence-corrected chi connectivity index (χ3v) is 4.89. The van der Waals surface area contributed by atoms with E-state index < -0.39 is 0 Å². The number of hydrogen-bond acceptors (Lipinski definition) is 5. The number of carbonyl (C=O) groups is 2. The molecule has 0 aliphatic carbocycles. The van der Waals surface area contributed by atoms with Crippen LogP contribution in [-0.4, -0.2) is 23.4 Å². The zero-order valence-electron chi connectivity index (χ0n) is 16.3. The number of rotatable bonds is 6. The Morgan fingerprint density at radius 2 is 1.90 bits per heavy atom. The molecule has 1 aromatic heterocycles. The van der Waals surface area contributed by atoms with Gasteiger partial charge in [0.15, 0.2) is 11.7 Å². The molecule has 4 rings (SSSR count). The number of oxazole rings is 1. The number of nitrogens with zero attached hydrogens (tertiary/aromatic N) is 2. The Morgan fingerprint density at radius 1 is 1.14 bits per heavy atom. The van der Waals surface area contributed by atoms with E-state index in [1.54, 1.807) is 35.4 Å². The van der Waals surface area contributed by atoms with E-state index in [0.29, 0.717) is 30.2 Å². The third-order valence-electron chi connectivity index (χ3n) is 4.89. The van der Waals surface area contributed by atoms with Crippen LogP contribution in [0.4, 0.5) is 5.69 Å². The molecule has 0 unspecified atom stereocenters. The van der Waals surface area contributed by atoms with E-state index in [1.165, 1.54) is 5.56 Å². The van der Waals surface area contributed by atoms with Gasteiger partial charge >= 0.3 is 5.97 Å². The molecule has 6 nitrogen and oxygen atoms in total. The van der Waals surface area contributed by atoms with E-state index in [9.17, 15) is 9.59 Å². The summed E-state index contributed by atoms with van der Waals surface area (Å²) >= 11 is 0. The predicted molar refractivity (Wildman–Crippen MR) is 109 cm³/mol. The van der Waals surface area contributed by atoms with E-state index in [4.69, 9.17) is 9.15 Å². The number of ether oxygens (including phenoxy) is 1. The van der Waals surface area contributed by atoms with Gasteiger partial charge in [-0.1, -0.05) is 29.8 Å². The van der Waals surface area contributed by atoms with Gasteiger partial charge in [-0.3, -0.25) is 9.59 Å². The lowest BCUT2D eigenvalue weighted by molar-refractivity contribution is -0.134. The molecule has 3 aromatic rings. The van der Waals surface area contributed by atoms with E-state index in [1.807, 2.05) is 31.2 Å². The maximum absolute atomic E-state index is 12.1. The summed E-state index contributed by atoms with van der Waals surface area (Å²) in [6, 6.07) is 15.0. The number of esters is 1. The number of amides is 1. The molecule has 1 aliphatic rings. The fraction of sp³-hybridized carbons (Fsp3) is 0.261. The van der Waals surface area contributed by atoms with Crippen molar-refractivity contribution in [1.29, 1.82) is 0 Å². The fourth-order valence-corrected chi connectivity index (χ4v) is 3.28. The maximum atomic E-state index is 12.1. The van der Waals surface area contributed by atoms with Crippen molar-refractivity contribution in [1.82, 2.24) is 4.98 Å². The first-order valence-electron chi connectivity index (χ1n) is 9.71. The highest BCUT2D eigenvalue weighted by atomic mass is 16.5. The molecule has 1 aliphatic heterocycles. The van der Waals surface area contributed by atoms with Crippen molar-refractivity contribution in [3.63, 3.8) is 0 Å². The largest absolute Gasteiger partial charge is 0.441 e. The molecule has 1 fully saturated rings. The van der Waals surface area contributed by atoms with Crippen LogP contribution in [-0.2, 0) is 16.0 Å². The van der Waals surface area contributed by atoms with Crippen LogP contribution < -0.4 is 9.64 Å². The summed E-state index contributed by atoms with van der Waals surface area (Å²) < 4.78 is 11.1. The Bertz CT molecular complexity index is 1010. The molecule has 0 atom stereocenters. The Morgan fingerprint density at radius 3 is 2.59 bits per heavy atom. The Hall–Kier alpha value is -3.41. The molecule has 1 saturated heterocycles. The van der Waals surface area contributed by atoms with Gasteiger partial charge in [-0.25, -0.2) is 4.98 Å². The zero-order valence-corrected chi connectivity index (χ0v) is 16.3. The number of anilines is 1. The van der Waals surface area contributed by atoms with Gasteiger partial charge in [-0.2, -0.15) is 0 Å². The highest BCUT2D eigenvalue weighted by molar-refractivity contribution is 5.95. The summed E-state index contributed by atoms with van der Waals surface area (Å²) in [4.78, 5) is 29.9. The normalized spacial score (nSPS) is 13.7.